The van der Waals surface area contributed by atoms with Crippen molar-refractivity contribution < 1.29 is 23.1 Å². The zero-order chi connectivity index (χ0) is 12.2. The molecule has 2 N–H and O–H groups in total. The molecular formula is C9H15F3N2O2. The van der Waals surface area contributed by atoms with Gasteiger partial charge in [-0.15, -0.1) is 0 Å². The van der Waals surface area contributed by atoms with Crippen LogP contribution in [0.5, 0.6) is 0 Å². The highest BCUT2D eigenvalue weighted by molar-refractivity contribution is 5.74. The molecule has 0 aromatic carbocycles. The Bertz CT molecular complexity index is 241. The minimum absolute atomic E-state index is 0.0274. The molecular weight excluding hydrogens is 225 g/mol. The highest BCUT2D eigenvalue weighted by Gasteiger charge is 2.32. The summed E-state index contributed by atoms with van der Waals surface area (Å²) in [5, 5.41) is 10.5. The normalized spacial score (nSPS) is 16.8. The predicted molar refractivity (Wildman–Crippen MR) is 50.9 cm³/mol. The van der Waals surface area contributed by atoms with Crippen LogP contribution in [0, 0.1) is 0 Å². The second-order valence-electron chi connectivity index (χ2n) is 3.78. The van der Waals surface area contributed by atoms with Gasteiger partial charge in [0.15, 0.2) is 0 Å². The van der Waals surface area contributed by atoms with Gasteiger partial charge < -0.3 is 15.3 Å². The molecule has 0 unspecified atom stereocenters. The molecule has 0 saturated heterocycles. The maximum absolute atomic E-state index is 11.9. The van der Waals surface area contributed by atoms with Crippen molar-refractivity contribution in [3.05, 3.63) is 0 Å². The first-order valence-electron chi connectivity index (χ1n) is 5.16. The fourth-order valence-electron chi connectivity index (χ4n) is 1.53. The van der Waals surface area contributed by atoms with Crippen molar-refractivity contribution in [2.75, 3.05) is 19.7 Å². The second-order valence-corrected chi connectivity index (χ2v) is 3.78. The first-order chi connectivity index (χ1) is 7.44. The Labute approximate surface area is 91.4 Å². The van der Waals surface area contributed by atoms with Gasteiger partial charge in [-0.3, -0.25) is 0 Å². The largest absolute Gasteiger partial charge is 0.405 e. The average molecular weight is 240 g/mol. The topological polar surface area (TPSA) is 52.6 Å². The molecule has 16 heavy (non-hydrogen) atoms. The van der Waals surface area contributed by atoms with Crippen LogP contribution in [0.3, 0.4) is 0 Å². The molecule has 0 aromatic rings. The van der Waals surface area contributed by atoms with E-state index in [1.54, 1.807) is 0 Å². The zero-order valence-electron chi connectivity index (χ0n) is 8.76. The second kappa shape index (κ2) is 5.38. The lowest BCUT2D eigenvalue weighted by molar-refractivity contribution is -0.123. The highest BCUT2D eigenvalue weighted by atomic mass is 19.4. The number of aliphatic hydroxyl groups excluding tert-OH is 1. The Morgan fingerprint density at radius 3 is 2.44 bits per heavy atom. The molecule has 0 radical (unpaired) electrons. The molecule has 0 spiro atoms. The van der Waals surface area contributed by atoms with Crippen molar-refractivity contribution in [2.24, 2.45) is 0 Å². The van der Waals surface area contributed by atoms with Crippen molar-refractivity contribution in [1.82, 2.24) is 10.2 Å². The quantitative estimate of drug-likeness (QED) is 0.773. The summed E-state index contributed by atoms with van der Waals surface area (Å²) in [7, 11) is 0. The van der Waals surface area contributed by atoms with Gasteiger partial charge in [-0.2, -0.15) is 13.2 Å². The Kier molecular flexibility index (Phi) is 4.40. The molecule has 1 rings (SSSR count). The third-order valence-electron chi connectivity index (χ3n) is 2.56. The maximum Gasteiger partial charge on any atom is 0.405 e. The molecule has 1 fully saturated rings. The SMILES string of the molecule is O=C(NCC(F)(F)F)N(CCO)C1CCC1. The van der Waals surface area contributed by atoms with E-state index in [2.05, 4.69) is 0 Å². The lowest BCUT2D eigenvalue weighted by atomic mass is 9.92. The third-order valence-corrected chi connectivity index (χ3v) is 2.56. The van der Waals surface area contributed by atoms with E-state index in [0.29, 0.717) is 0 Å². The van der Waals surface area contributed by atoms with Crippen LogP contribution in [0.4, 0.5) is 18.0 Å². The summed E-state index contributed by atoms with van der Waals surface area (Å²) in [6.07, 6.45) is -1.85. The van der Waals surface area contributed by atoms with Crippen molar-refractivity contribution in [2.45, 2.75) is 31.5 Å². The molecule has 4 nitrogen and oxygen atoms in total. The Hall–Kier alpha value is -0.980. The number of halogens is 3. The molecule has 1 aliphatic rings. The number of alkyl halides is 3. The number of aliphatic hydroxyl groups is 1. The molecule has 0 atom stereocenters. The molecule has 0 heterocycles. The van der Waals surface area contributed by atoms with E-state index >= 15 is 0 Å². The van der Waals surface area contributed by atoms with Crippen LogP contribution in [0.25, 0.3) is 0 Å². The average Bonchev–Trinajstić information content (AvgIpc) is 2.09. The molecule has 0 bridgehead atoms. The van der Waals surface area contributed by atoms with Gasteiger partial charge in [0, 0.05) is 12.6 Å². The highest BCUT2D eigenvalue weighted by Crippen LogP contribution is 2.24. The number of hydrogen-bond acceptors (Lipinski definition) is 2. The van der Waals surface area contributed by atoms with Crippen molar-refractivity contribution in [1.29, 1.82) is 0 Å². The Morgan fingerprint density at radius 2 is 2.06 bits per heavy atom. The number of carbonyl (C=O) groups excluding carboxylic acids is 1. The monoisotopic (exact) mass is 240 g/mol. The van der Waals surface area contributed by atoms with Gasteiger partial charge in [-0.1, -0.05) is 0 Å². The van der Waals surface area contributed by atoms with Gasteiger partial charge in [0.25, 0.3) is 0 Å². The standard InChI is InChI=1S/C9H15F3N2O2/c10-9(11,12)6-13-8(16)14(4-5-15)7-2-1-3-7/h7,15H,1-6H2,(H,13,16). The number of carbonyl (C=O) groups is 1. The van der Waals surface area contributed by atoms with E-state index in [1.807, 2.05) is 5.32 Å². The molecule has 7 heteroatoms. The van der Waals surface area contributed by atoms with Crippen LogP contribution in [-0.4, -0.2) is 48.0 Å². The van der Waals surface area contributed by atoms with Crippen LogP contribution in [0.2, 0.25) is 0 Å². The lowest BCUT2D eigenvalue weighted by Gasteiger charge is -2.37. The van der Waals surface area contributed by atoms with Crippen LogP contribution >= 0.6 is 0 Å². The van der Waals surface area contributed by atoms with Crippen LogP contribution < -0.4 is 5.32 Å². The minimum Gasteiger partial charge on any atom is -0.395 e. The van der Waals surface area contributed by atoms with Gasteiger partial charge in [0.1, 0.15) is 6.54 Å². The van der Waals surface area contributed by atoms with Gasteiger partial charge in [0.2, 0.25) is 0 Å². The molecule has 2 amide bonds. The van der Waals surface area contributed by atoms with E-state index in [0.717, 1.165) is 19.3 Å². The molecule has 1 saturated carbocycles. The van der Waals surface area contributed by atoms with Gasteiger partial charge in [0.05, 0.1) is 6.61 Å². The van der Waals surface area contributed by atoms with E-state index in [4.69, 9.17) is 5.11 Å². The summed E-state index contributed by atoms with van der Waals surface area (Å²) in [5.41, 5.74) is 0. The number of hydrogen-bond donors (Lipinski definition) is 2. The van der Waals surface area contributed by atoms with E-state index in [-0.39, 0.29) is 19.2 Å². The lowest BCUT2D eigenvalue weighted by Crippen LogP contribution is -2.51. The summed E-state index contributed by atoms with van der Waals surface area (Å²) < 4.78 is 35.6. The number of nitrogens with zero attached hydrogens (tertiary/aromatic N) is 1. The first-order valence-corrected chi connectivity index (χ1v) is 5.16. The molecule has 0 aromatic heterocycles. The van der Waals surface area contributed by atoms with Crippen molar-refractivity contribution in [3.8, 4) is 0 Å². The third kappa shape index (κ3) is 3.88. The molecule has 0 aliphatic heterocycles. The van der Waals surface area contributed by atoms with E-state index in [9.17, 15) is 18.0 Å². The van der Waals surface area contributed by atoms with E-state index < -0.39 is 18.8 Å². The van der Waals surface area contributed by atoms with Crippen LogP contribution in [0.15, 0.2) is 0 Å². The smallest absolute Gasteiger partial charge is 0.395 e. The molecule has 1 aliphatic carbocycles. The molecule has 94 valence electrons. The van der Waals surface area contributed by atoms with Crippen LogP contribution in [-0.2, 0) is 0 Å². The predicted octanol–water partition coefficient (Wildman–Crippen LogP) is 1.11. The first kappa shape index (κ1) is 13.1. The number of urea groups is 1. The zero-order valence-corrected chi connectivity index (χ0v) is 8.76. The fourth-order valence-corrected chi connectivity index (χ4v) is 1.53. The fraction of sp³-hybridized carbons (Fsp3) is 0.889. The minimum atomic E-state index is -4.40. The summed E-state index contributed by atoms with van der Waals surface area (Å²) >= 11 is 0. The van der Waals surface area contributed by atoms with Crippen LogP contribution in [0.1, 0.15) is 19.3 Å². The van der Waals surface area contributed by atoms with Gasteiger partial charge in [-0.25, -0.2) is 4.79 Å². The van der Waals surface area contributed by atoms with Crippen molar-refractivity contribution >= 4 is 6.03 Å². The van der Waals surface area contributed by atoms with E-state index in [1.165, 1.54) is 4.90 Å². The number of rotatable bonds is 4. The number of nitrogens with one attached hydrogen (secondary N) is 1. The number of amides is 2. The van der Waals surface area contributed by atoms with Gasteiger partial charge >= 0.3 is 12.2 Å². The Balaban J connectivity index is 2.41. The maximum atomic E-state index is 11.9. The summed E-state index contributed by atoms with van der Waals surface area (Å²) in [6.45, 7) is -1.50. The van der Waals surface area contributed by atoms with Gasteiger partial charge in [-0.05, 0) is 19.3 Å². The summed E-state index contributed by atoms with van der Waals surface area (Å²) in [6, 6.07) is -0.781. The summed E-state index contributed by atoms with van der Waals surface area (Å²) in [4.78, 5) is 12.7. The Morgan fingerprint density at radius 1 is 1.44 bits per heavy atom. The summed E-state index contributed by atoms with van der Waals surface area (Å²) in [5.74, 6) is 0. The van der Waals surface area contributed by atoms with Crippen molar-refractivity contribution in [3.63, 3.8) is 0 Å².